The van der Waals surface area contributed by atoms with Crippen LogP contribution in [-0.2, 0) is 16.6 Å². The summed E-state index contributed by atoms with van der Waals surface area (Å²) >= 11 is 12.1. The lowest BCUT2D eigenvalue weighted by molar-refractivity contribution is 0.477. The second kappa shape index (κ2) is 5.67. The fraction of sp³-hybridized carbons (Fsp3) is 0.0714. The summed E-state index contributed by atoms with van der Waals surface area (Å²) < 4.78 is 17.9. The van der Waals surface area contributed by atoms with Crippen LogP contribution in [-0.4, -0.2) is 9.19 Å². The molecule has 2 aromatic carbocycles. The van der Waals surface area contributed by atoms with Crippen LogP contribution in [0, 0.1) is 0 Å². The maximum Gasteiger partial charge on any atom is 0.288 e. The van der Waals surface area contributed by atoms with Crippen molar-refractivity contribution in [1.29, 1.82) is 0 Å². The van der Waals surface area contributed by atoms with E-state index in [0.717, 1.165) is 0 Å². The smallest absolute Gasteiger partial charge is 0.288 e. The van der Waals surface area contributed by atoms with Gasteiger partial charge >= 0.3 is 0 Å². The molecule has 0 spiro atoms. The van der Waals surface area contributed by atoms with Gasteiger partial charge in [0.1, 0.15) is 16.3 Å². The van der Waals surface area contributed by atoms with Crippen LogP contribution in [0.4, 0.5) is 5.69 Å². The minimum atomic E-state index is -1.48. The average Bonchev–Trinajstić information content (AvgIpc) is 2.86. The number of halogens is 2. The van der Waals surface area contributed by atoms with Crippen LogP contribution in [0.5, 0.6) is 0 Å². The molecular formula is C14H10Cl2N2O2S. The summed E-state index contributed by atoms with van der Waals surface area (Å²) in [4.78, 5) is 4.20. The number of aromatic nitrogens is 1. The zero-order valence-electron chi connectivity index (χ0n) is 10.7. The van der Waals surface area contributed by atoms with Crippen LogP contribution < -0.4 is 5.73 Å². The first kappa shape index (κ1) is 14.4. The number of hydrogen-bond acceptors (Lipinski definition) is 4. The van der Waals surface area contributed by atoms with Crippen molar-refractivity contribution in [1.82, 2.24) is 4.98 Å². The van der Waals surface area contributed by atoms with Crippen molar-refractivity contribution in [2.75, 3.05) is 5.73 Å². The fourth-order valence-electron chi connectivity index (χ4n) is 1.88. The first-order valence-electron chi connectivity index (χ1n) is 6.02. The lowest BCUT2D eigenvalue weighted by Crippen LogP contribution is -1.98. The Labute approximate surface area is 133 Å². The Morgan fingerprint density at radius 3 is 2.62 bits per heavy atom. The third-order valence-electron chi connectivity index (χ3n) is 2.92. The minimum Gasteiger partial charge on any atom is -0.430 e. The number of oxazole rings is 1. The van der Waals surface area contributed by atoms with E-state index in [4.69, 9.17) is 33.4 Å². The molecule has 3 rings (SSSR count). The number of benzene rings is 2. The first-order chi connectivity index (χ1) is 10.0. The molecule has 1 atom stereocenters. The molecule has 0 aliphatic rings. The average molecular weight is 341 g/mol. The zero-order chi connectivity index (χ0) is 15.0. The van der Waals surface area contributed by atoms with Crippen LogP contribution >= 0.6 is 23.2 Å². The molecule has 108 valence electrons. The fourth-order valence-corrected chi connectivity index (χ4v) is 3.65. The number of fused-ring (bicyclic) bond motifs is 1. The maximum absolute atomic E-state index is 12.4. The number of nitrogens with zero attached hydrogens (tertiary/aromatic N) is 1. The zero-order valence-corrected chi connectivity index (χ0v) is 13.0. The highest BCUT2D eigenvalue weighted by Crippen LogP contribution is 2.28. The molecule has 1 heterocycles. The Balaban J connectivity index is 1.94. The van der Waals surface area contributed by atoms with E-state index in [-0.39, 0.29) is 11.0 Å². The van der Waals surface area contributed by atoms with Crippen LogP contribution in [0.1, 0.15) is 5.56 Å². The number of hydrogen-bond donors (Lipinski definition) is 1. The van der Waals surface area contributed by atoms with Crippen molar-refractivity contribution in [3.05, 3.63) is 52.0 Å². The number of nitrogens with two attached hydrogens (primary N) is 1. The highest BCUT2D eigenvalue weighted by atomic mass is 35.5. The van der Waals surface area contributed by atoms with E-state index in [2.05, 4.69) is 4.98 Å². The topological polar surface area (TPSA) is 69.1 Å². The molecule has 1 aromatic heterocycles. The van der Waals surface area contributed by atoms with Crippen molar-refractivity contribution in [3.63, 3.8) is 0 Å². The Hall–Kier alpha value is -1.56. The lowest BCUT2D eigenvalue weighted by atomic mass is 10.2. The van der Waals surface area contributed by atoms with Crippen molar-refractivity contribution in [2.24, 2.45) is 0 Å². The third-order valence-corrected chi connectivity index (χ3v) is 4.75. The summed E-state index contributed by atoms with van der Waals surface area (Å²) in [6.07, 6.45) is 0. The predicted molar refractivity (Wildman–Crippen MR) is 85.0 cm³/mol. The van der Waals surface area contributed by atoms with Crippen molar-refractivity contribution < 1.29 is 8.63 Å². The largest absolute Gasteiger partial charge is 0.430 e. The summed E-state index contributed by atoms with van der Waals surface area (Å²) in [5.74, 6) is 0.140. The summed E-state index contributed by atoms with van der Waals surface area (Å²) in [5.41, 5.74) is 7.98. The molecule has 0 aliphatic heterocycles. The highest BCUT2D eigenvalue weighted by Gasteiger charge is 2.16. The van der Waals surface area contributed by atoms with Crippen LogP contribution in [0.3, 0.4) is 0 Å². The molecule has 0 radical (unpaired) electrons. The van der Waals surface area contributed by atoms with Gasteiger partial charge in [-0.2, -0.15) is 0 Å². The second-order valence-electron chi connectivity index (χ2n) is 4.40. The summed E-state index contributed by atoms with van der Waals surface area (Å²) in [6, 6.07) is 10.2. The van der Waals surface area contributed by atoms with Crippen molar-refractivity contribution in [3.8, 4) is 0 Å². The van der Waals surface area contributed by atoms with Crippen LogP contribution in [0.15, 0.2) is 46.0 Å². The second-order valence-corrected chi connectivity index (χ2v) is 6.54. The molecule has 0 bridgehead atoms. The Morgan fingerprint density at radius 2 is 1.90 bits per heavy atom. The first-order valence-corrected chi connectivity index (χ1v) is 8.09. The predicted octanol–water partition coefficient (Wildman–Crippen LogP) is 4.02. The normalized spacial score (nSPS) is 12.7. The van der Waals surface area contributed by atoms with Gasteiger partial charge in [0.2, 0.25) is 0 Å². The van der Waals surface area contributed by atoms with E-state index in [1.165, 1.54) is 0 Å². The van der Waals surface area contributed by atoms with Gasteiger partial charge in [-0.05, 0) is 30.3 Å². The molecule has 7 heteroatoms. The molecule has 0 aliphatic carbocycles. The molecule has 4 nitrogen and oxygen atoms in total. The molecule has 2 N–H and O–H groups in total. The van der Waals surface area contributed by atoms with E-state index in [0.29, 0.717) is 32.4 Å². The van der Waals surface area contributed by atoms with E-state index in [1.807, 2.05) is 0 Å². The van der Waals surface area contributed by atoms with E-state index < -0.39 is 10.8 Å². The molecule has 21 heavy (non-hydrogen) atoms. The van der Waals surface area contributed by atoms with Gasteiger partial charge in [-0.25, -0.2) is 9.19 Å². The summed E-state index contributed by atoms with van der Waals surface area (Å²) in [5, 5.41) is 1.07. The molecule has 0 saturated carbocycles. The SMILES string of the molecule is Nc1ccc2oc(S(=O)Cc3c(Cl)cccc3Cl)nc2c1. The molecular weight excluding hydrogens is 331 g/mol. The van der Waals surface area contributed by atoms with Crippen LogP contribution in [0.2, 0.25) is 10.0 Å². The Morgan fingerprint density at radius 1 is 1.19 bits per heavy atom. The van der Waals surface area contributed by atoms with E-state index >= 15 is 0 Å². The summed E-state index contributed by atoms with van der Waals surface area (Å²) in [7, 11) is -1.48. The third kappa shape index (κ3) is 2.90. The minimum absolute atomic E-state index is 0.131. The van der Waals surface area contributed by atoms with Crippen molar-refractivity contribution in [2.45, 2.75) is 11.0 Å². The summed E-state index contributed by atoms with van der Waals surface area (Å²) in [6.45, 7) is 0. The van der Waals surface area contributed by atoms with Crippen molar-refractivity contribution >= 4 is 50.8 Å². The highest BCUT2D eigenvalue weighted by molar-refractivity contribution is 7.84. The monoisotopic (exact) mass is 340 g/mol. The number of anilines is 1. The maximum atomic E-state index is 12.4. The Bertz CT molecular complexity index is 828. The Kier molecular flexibility index (Phi) is 3.89. The molecule has 1 unspecified atom stereocenters. The lowest BCUT2D eigenvalue weighted by Gasteiger charge is -2.04. The van der Waals surface area contributed by atoms with Gasteiger partial charge in [0.15, 0.2) is 5.58 Å². The standard InChI is InChI=1S/C14H10Cl2N2O2S/c15-10-2-1-3-11(16)9(10)7-21(19)14-18-12-6-8(17)4-5-13(12)20-14/h1-6H,7,17H2. The van der Waals surface area contributed by atoms with Gasteiger partial charge in [-0.15, -0.1) is 0 Å². The molecule has 0 saturated heterocycles. The number of nitrogen functional groups attached to an aromatic ring is 1. The van der Waals surface area contributed by atoms with Gasteiger partial charge < -0.3 is 10.2 Å². The van der Waals surface area contributed by atoms with Gasteiger partial charge in [0.25, 0.3) is 5.22 Å². The van der Waals surface area contributed by atoms with Gasteiger partial charge in [0.05, 0.1) is 5.75 Å². The van der Waals surface area contributed by atoms with Crippen LogP contribution in [0.25, 0.3) is 11.1 Å². The quantitative estimate of drug-likeness (QED) is 0.731. The van der Waals surface area contributed by atoms with Gasteiger partial charge in [0, 0.05) is 21.3 Å². The van der Waals surface area contributed by atoms with Gasteiger partial charge in [-0.1, -0.05) is 29.3 Å². The molecule has 0 fully saturated rings. The van der Waals surface area contributed by atoms with Gasteiger partial charge in [-0.3, -0.25) is 0 Å². The van der Waals surface area contributed by atoms with E-state index in [1.54, 1.807) is 36.4 Å². The van der Waals surface area contributed by atoms with E-state index in [9.17, 15) is 4.21 Å². The number of rotatable bonds is 3. The molecule has 3 aromatic rings. The molecule has 0 amide bonds.